The minimum atomic E-state index is -0.114. The molecule has 0 aliphatic heterocycles. The van der Waals surface area contributed by atoms with E-state index in [9.17, 15) is 4.79 Å². The molecule has 0 unspecified atom stereocenters. The summed E-state index contributed by atoms with van der Waals surface area (Å²) in [5.41, 5.74) is 5.45. The molecule has 4 rings (SSSR count). The van der Waals surface area contributed by atoms with Crippen LogP contribution in [0.25, 0.3) is 10.9 Å². The number of nitrogens with one attached hydrogen (secondary N) is 1. The van der Waals surface area contributed by atoms with Gasteiger partial charge < -0.3 is 5.32 Å². The van der Waals surface area contributed by atoms with Crippen LogP contribution in [-0.4, -0.2) is 10.9 Å². The second-order valence-corrected chi connectivity index (χ2v) is 6.60. The molecule has 0 aliphatic carbocycles. The van der Waals surface area contributed by atoms with Gasteiger partial charge in [-0.3, -0.25) is 9.78 Å². The highest BCUT2D eigenvalue weighted by molar-refractivity contribution is 6.12. The molecule has 0 atom stereocenters. The third kappa shape index (κ3) is 3.72. The summed E-state index contributed by atoms with van der Waals surface area (Å²) >= 11 is 0. The zero-order valence-corrected chi connectivity index (χ0v) is 15.1. The zero-order chi connectivity index (χ0) is 18.6. The molecule has 0 aliphatic rings. The largest absolute Gasteiger partial charge is 0.322 e. The maximum atomic E-state index is 13.0. The van der Waals surface area contributed by atoms with Gasteiger partial charge in [0.25, 0.3) is 5.91 Å². The Morgan fingerprint density at radius 1 is 0.889 bits per heavy atom. The predicted molar refractivity (Wildman–Crippen MR) is 110 cm³/mol. The number of carbonyl (C=O) groups is 1. The summed E-state index contributed by atoms with van der Waals surface area (Å²) in [7, 11) is 0. The van der Waals surface area contributed by atoms with Crippen molar-refractivity contribution in [2.24, 2.45) is 0 Å². The molecule has 0 radical (unpaired) electrons. The molecule has 1 amide bonds. The first kappa shape index (κ1) is 17.0. The van der Waals surface area contributed by atoms with E-state index in [0.717, 1.165) is 34.3 Å². The second kappa shape index (κ2) is 7.42. The highest BCUT2D eigenvalue weighted by Gasteiger charge is 2.13. The number of benzene rings is 3. The van der Waals surface area contributed by atoms with Gasteiger partial charge in [0.15, 0.2) is 0 Å². The van der Waals surface area contributed by atoms with Crippen LogP contribution in [-0.2, 0) is 6.42 Å². The molecule has 0 saturated heterocycles. The zero-order valence-electron chi connectivity index (χ0n) is 15.1. The highest BCUT2D eigenvalue weighted by Crippen LogP contribution is 2.23. The van der Waals surface area contributed by atoms with Gasteiger partial charge in [-0.25, -0.2) is 0 Å². The number of nitrogens with zero attached hydrogens (tertiary/aromatic N) is 1. The van der Waals surface area contributed by atoms with Gasteiger partial charge in [0.2, 0.25) is 0 Å². The Balaban J connectivity index is 1.67. The van der Waals surface area contributed by atoms with Crippen molar-refractivity contribution in [1.82, 2.24) is 4.98 Å². The van der Waals surface area contributed by atoms with Crippen LogP contribution in [0.2, 0.25) is 0 Å². The number of para-hydroxylation sites is 2. The smallest absolute Gasteiger partial charge is 0.256 e. The van der Waals surface area contributed by atoms with Crippen molar-refractivity contribution in [3.05, 3.63) is 107 Å². The molecule has 4 aromatic rings. The fourth-order valence-corrected chi connectivity index (χ4v) is 3.30. The lowest BCUT2D eigenvalue weighted by Crippen LogP contribution is -2.14. The van der Waals surface area contributed by atoms with Crippen LogP contribution < -0.4 is 5.32 Å². The van der Waals surface area contributed by atoms with Gasteiger partial charge in [0.1, 0.15) is 0 Å². The Morgan fingerprint density at radius 3 is 2.44 bits per heavy atom. The van der Waals surface area contributed by atoms with E-state index in [-0.39, 0.29) is 5.91 Å². The number of carbonyl (C=O) groups excluding carboxylic acids is 1. The Labute approximate surface area is 158 Å². The molecule has 1 N–H and O–H groups in total. The summed E-state index contributed by atoms with van der Waals surface area (Å²) in [6.07, 6.45) is 0.771. The Bertz CT molecular complexity index is 1100. The Hall–Kier alpha value is -3.46. The predicted octanol–water partition coefficient (Wildman–Crippen LogP) is 5.39. The summed E-state index contributed by atoms with van der Waals surface area (Å²) in [5, 5.41) is 3.96. The SMILES string of the molecule is Cc1cc(C(=O)Nc2ccccc2Cc2ccccc2)c2ccccc2n1. The van der Waals surface area contributed by atoms with Crippen molar-refractivity contribution < 1.29 is 4.79 Å². The first-order valence-electron chi connectivity index (χ1n) is 9.00. The third-order valence-corrected chi connectivity index (χ3v) is 4.59. The average Bonchev–Trinajstić information content (AvgIpc) is 2.69. The van der Waals surface area contributed by atoms with E-state index in [1.54, 1.807) is 0 Å². The lowest BCUT2D eigenvalue weighted by molar-refractivity contribution is 0.102. The van der Waals surface area contributed by atoms with E-state index in [2.05, 4.69) is 28.5 Å². The minimum absolute atomic E-state index is 0.114. The summed E-state index contributed by atoms with van der Waals surface area (Å²) in [6, 6.07) is 27.8. The maximum absolute atomic E-state index is 13.0. The van der Waals surface area contributed by atoms with Crippen LogP contribution in [0.15, 0.2) is 84.9 Å². The Morgan fingerprint density at radius 2 is 1.59 bits per heavy atom. The van der Waals surface area contributed by atoms with Gasteiger partial charge >= 0.3 is 0 Å². The molecule has 132 valence electrons. The molecular formula is C24H20N2O. The summed E-state index contributed by atoms with van der Waals surface area (Å²) in [6.45, 7) is 1.91. The Kier molecular flexibility index (Phi) is 4.67. The standard InChI is InChI=1S/C24H20N2O/c1-17-15-21(20-12-6-8-14-23(20)25-17)24(27)26-22-13-7-5-11-19(22)16-18-9-3-2-4-10-18/h2-15H,16H2,1H3,(H,26,27). The fraction of sp³-hybridized carbons (Fsp3) is 0.0833. The molecule has 0 bridgehead atoms. The lowest BCUT2D eigenvalue weighted by Gasteiger charge is -2.13. The fourth-order valence-electron chi connectivity index (χ4n) is 3.30. The first-order valence-corrected chi connectivity index (χ1v) is 9.00. The van der Waals surface area contributed by atoms with Gasteiger partial charge in [-0.2, -0.15) is 0 Å². The van der Waals surface area contributed by atoms with Crippen molar-refractivity contribution >= 4 is 22.5 Å². The molecule has 27 heavy (non-hydrogen) atoms. The van der Waals surface area contributed by atoms with Crippen LogP contribution in [0.3, 0.4) is 0 Å². The monoisotopic (exact) mass is 352 g/mol. The number of hydrogen-bond donors (Lipinski definition) is 1. The van der Waals surface area contributed by atoms with Gasteiger partial charge in [-0.1, -0.05) is 66.7 Å². The first-order chi connectivity index (χ1) is 13.2. The van der Waals surface area contributed by atoms with Crippen molar-refractivity contribution in [3.8, 4) is 0 Å². The number of aromatic nitrogens is 1. The van der Waals surface area contributed by atoms with E-state index in [4.69, 9.17) is 0 Å². The van der Waals surface area contributed by atoms with E-state index in [1.165, 1.54) is 5.56 Å². The molecule has 3 aromatic carbocycles. The number of pyridine rings is 1. The summed E-state index contributed by atoms with van der Waals surface area (Å²) < 4.78 is 0. The van der Waals surface area contributed by atoms with Gasteiger partial charge in [0.05, 0.1) is 11.1 Å². The quantitative estimate of drug-likeness (QED) is 0.535. The van der Waals surface area contributed by atoms with E-state index in [0.29, 0.717) is 5.56 Å². The van der Waals surface area contributed by atoms with Crippen molar-refractivity contribution in [2.45, 2.75) is 13.3 Å². The number of aryl methyl sites for hydroxylation is 1. The second-order valence-electron chi connectivity index (χ2n) is 6.60. The highest BCUT2D eigenvalue weighted by atomic mass is 16.1. The van der Waals surface area contributed by atoms with Gasteiger partial charge in [-0.15, -0.1) is 0 Å². The molecule has 1 aromatic heterocycles. The minimum Gasteiger partial charge on any atom is -0.322 e. The van der Waals surface area contributed by atoms with Crippen molar-refractivity contribution in [3.63, 3.8) is 0 Å². The van der Waals surface area contributed by atoms with Crippen LogP contribution >= 0.6 is 0 Å². The van der Waals surface area contributed by atoms with Gasteiger partial charge in [-0.05, 0) is 42.7 Å². The molecule has 0 fully saturated rings. The van der Waals surface area contributed by atoms with Gasteiger partial charge in [0, 0.05) is 16.8 Å². The van der Waals surface area contributed by atoms with Crippen molar-refractivity contribution in [2.75, 3.05) is 5.32 Å². The number of hydrogen-bond acceptors (Lipinski definition) is 2. The van der Waals surface area contributed by atoms with Crippen LogP contribution in [0.5, 0.6) is 0 Å². The number of amides is 1. The third-order valence-electron chi connectivity index (χ3n) is 4.59. The number of fused-ring (bicyclic) bond motifs is 1. The summed E-state index contributed by atoms with van der Waals surface area (Å²) in [4.78, 5) is 17.6. The van der Waals surface area contributed by atoms with E-state index >= 15 is 0 Å². The molecule has 0 saturated carbocycles. The molecule has 0 spiro atoms. The number of anilines is 1. The van der Waals surface area contributed by atoms with Crippen LogP contribution in [0.4, 0.5) is 5.69 Å². The number of rotatable bonds is 4. The van der Waals surface area contributed by atoms with E-state index in [1.807, 2.05) is 73.7 Å². The average molecular weight is 352 g/mol. The summed E-state index contributed by atoms with van der Waals surface area (Å²) in [5.74, 6) is -0.114. The topological polar surface area (TPSA) is 42.0 Å². The maximum Gasteiger partial charge on any atom is 0.256 e. The molecule has 3 heteroatoms. The van der Waals surface area contributed by atoms with Crippen LogP contribution in [0, 0.1) is 6.92 Å². The molecule has 1 heterocycles. The molecule has 3 nitrogen and oxygen atoms in total. The lowest BCUT2D eigenvalue weighted by atomic mass is 10.0. The van der Waals surface area contributed by atoms with Crippen molar-refractivity contribution in [1.29, 1.82) is 0 Å². The normalized spacial score (nSPS) is 10.7. The molecular weight excluding hydrogens is 332 g/mol. The van der Waals surface area contributed by atoms with E-state index < -0.39 is 0 Å². The van der Waals surface area contributed by atoms with Crippen LogP contribution in [0.1, 0.15) is 27.2 Å².